The van der Waals surface area contributed by atoms with Crippen LogP contribution in [0, 0.1) is 16.0 Å². The Morgan fingerprint density at radius 3 is 2.50 bits per heavy atom. The first-order valence-electron chi connectivity index (χ1n) is 6.89. The van der Waals surface area contributed by atoms with E-state index in [1.165, 1.54) is 24.3 Å². The van der Waals surface area contributed by atoms with E-state index in [1.54, 1.807) is 6.92 Å². The van der Waals surface area contributed by atoms with Crippen LogP contribution in [0.2, 0.25) is 0 Å². The number of hydrogen-bond acceptors (Lipinski definition) is 5. The Labute approximate surface area is 127 Å². The van der Waals surface area contributed by atoms with Gasteiger partial charge in [-0.1, -0.05) is 13.3 Å². The van der Waals surface area contributed by atoms with Crippen LogP contribution in [0.5, 0.6) is 5.75 Å². The third kappa shape index (κ3) is 6.21. The van der Waals surface area contributed by atoms with Crippen molar-refractivity contribution < 1.29 is 19.2 Å². The van der Waals surface area contributed by atoms with Gasteiger partial charge in [-0.05, 0) is 25.0 Å². The van der Waals surface area contributed by atoms with Crippen LogP contribution in [-0.2, 0) is 4.79 Å². The minimum Gasteiger partial charge on any atom is -0.410 e. The van der Waals surface area contributed by atoms with Crippen LogP contribution >= 0.6 is 0 Å². The first-order valence-corrected chi connectivity index (χ1v) is 6.89. The standard InChI is InChI=1S/C14H19N3O5/c1-10(13(15)18)4-2-3-9-16-14(19)22-12-7-5-11(6-8-12)17(20)21/h5-8,10H,2-4,9H2,1H3,(H2,15,18)(H,16,19). The summed E-state index contributed by atoms with van der Waals surface area (Å²) in [4.78, 5) is 32.3. The van der Waals surface area contributed by atoms with Crippen molar-refractivity contribution in [1.82, 2.24) is 5.32 Å². The number of nitrogens with one attached hydrogen (secondary N) is 1. The lowest BCUT2D eigenvalue weighted by molar-refractivity contribution is -0.384. The smallest absolute Gasteiger partial charge is 0.410 e. The molecule has 3 N–H and O–H groups in total. The van der Waals surface area contributed by atoms with Gasteiger partial charge in [0, 0.05) is 24.6 Å². The topological polar surface area (TPSA) is 125 Å². The zero-order valence-electron chi connectivity index (χ0n) is 12.3. The summed E-state index contributed by atoms with van der Waals surface area (Å²) in [5.74, 6) is -0.275. The molecule has 1 rings (SSSR count). The van der Waals surface area contributed by atoms with Crippen LogP contribution in [0.25, 0.3) is 0 Å². The van der Waals surface area contributed by atoms with Crippen LogP contribution in [0.15, 0.2) is 24.3 Å². The average Bonchev–Trinajstić information content (AvgIpc) is 2.47. The number of nitro groups is 1. The van der Waals surface area contributed by atoms with Crippen LogP contribution in [0.1, 0.15) is 26.2 Å². The molecule has 0 saturated heterocycles. The number of nitrogens with zero attached hydrogens (tertiary/aromatic N) is 1. The fraction of sp³-hybridized carbons (Fsp3) is 0.429. The molecule has 2 amide bonds. The number of amides is 2. The van der Waals surface area contributed by atoms with Crippen molar-refractivity contribution in [2.24, 2.45) is 11.7 Å². The van der Waals surface area contributed by atoms with Gasteiger partial charge in [-0.2, -0.15) is 0 Å². The highest BCUT2D eigenvalue weighted by molar-refractivity contribution is 5.76. The second kappa shape index (κ2) is 8.60. The highest BCUT2D eigenvalue weighted by atomic mass is 16.6. The molecule has 0 aliphatic carbocycles. The van der Waals surface area contributed by atoms with E-state index in [0.717, 1.165) is 6.42 Å². The van der Waals surface area contributed by atoms with Crippen molar-refractivity contribution in [2.45, 2.75) is 26.2 Å². The predicted octanol–water partition coefficient (Wildman–Crippen LogP) is 1.97. The molecule has 1 aromatic rings. The molecule has 1 unspecified atom stereocenters. The minimum atomic E-state index is -0.628. The number of hydrogen-bond donors (Lipinski definition) is 2. The minimum absolute atomic E-state index is 0.0728. The van der Waals surface area contributed by atoms with Crippen molar-refractivity contribution in [3.63, 3.8) is 0 Å². The van der Waals surface area contributed by atoms with Crippen molar-refractivity contribution in [3.8, 4) is 5.75 Å². The van der Waals surface area contributed by atoms with E-state index in [-0.39, 0.29) is 23.3 Å². The molecule has 0 aliphatic heterocycles. The van der Waals surface area contributed by atoms with Gasteiger partial charge in [0.2, 0.25) is 5.91 Å². The maximum absolute atomic E-state index is 11.5. The van der Waals surface area contributed by atoms with Crippen molar-refractivity contribution in [2.75, 3.05) is 6.54 Å². The zero-order valence-corrected chi connectivity index (χ0v) is 12.3. The lowest BCUT2D eigenvalue weighted by atomic mass is 10.0. The SMILES string of the molecule is CC(CCCCNC(=O)Oc1ccc([N+](=O)[O-])cc1)C(N)=O. The number of carbonyl (C=O) groups is 2. The molecule has 0 aromatic heterocycles. The van der Waals surface area contributed by atoms with Crippen LogP contribution in [0.3, 0.4) is 0 Å². The molecule has 0 radical (unpaired) electrons. The highest BCUT2D eigenvalue weighted by Gasteiger charge is 2.09. The van der Waals surface area contributed by atoms with Crippen molar-refractivity contribution >= 4 is 17.7 Å². The largest absolute Gasteiger partial charge is 0.412 e. The van der Waals surface area contributed by atoms with Crippen LogP contribution < -0.4 is 15.8 Å². The monoisotopic (exact) mass is 309 g/mol. The summed E-state index contributed by atoms with van der Waals surface area (Å²) < 4.78 is 4.97. The van der Waals surface area contributed by atoms with Gasteiger partial charge in [0.15, 0.2) is 0 Å². The molecule has 0 spiro atoms. The van der Waals surface area contributed by atoms with Gasteiger partial charge in [0.05, 0.1) is 4.92 Å². The normalized spacial score (nSPS) is 11.5. The number of nitrogens with two attached hydrogens (primary N) is 1. The van der Waals surface area contributed by atoms with Gasteiger partial charge in [-0.3, -0.25) is 14.9 Å². The maximum atomic E-state index is 11.5. The summed E-state index contributed by atoms with van der Waals surface area (Å²) in [5, 5.41) is 13.0. The van der Waals surface area contributed by atoms with E-state index >= 15 is 0 Å². The van der Waals surface area contributed by atoms with Gasteiger partial charge >= 0.3 is 6.09 Å². The molecule has 0 heterocycles. The Hall–Kier alpha value is -2.64. The van der Waals surface area contributed by atoms with Gasteiger partial charge in [-0.15, -0.1) is 0 Å². The molecular weight excluding hydrogens is 290 g/mol. The number of benzene rings is 1. The first kappa shape index (κ1) is 17.4. The number of primary amides is 1. The molecule has 8 heteroatoms. The number of carbonyl (C=O) groups excluding carboxylic acids is 2. The summed E-state index contributed by atoms with van der Waals surface area (Å²) >= 11 is 0. The molecular formula is C14H19N3O5. The van der Waals surface area contributed by atoms with Gasteiger partial charge in [0.25, 0.3) is 5.69 Å². The summed E-state index contributed by atoms with van der Waals surface area (Å²) in [6, 6.07) is 5.22. The molecule has 8 nitrogen and oxygen atoms in total. The van der Waals surface area contributed by atoms with Crippen molar-refractivity contribution in [3.05, 3.63) is 34.4 Å². The predicted molar refractivity (Wildman–Crippen MR) is 79.3 cm³/mol. The number of unbranched alkanes of at least 4 members (excludes halogenated alkanes) is 1. The average molecular weight is 309 g/mol. The van der Waals surface area contributed by atoms with E-state index in [0.29, 0.717) is 19.4 Å². The molecule has 0 saturated carbocycles. The van der Waals surface area contributed by atoms with Gasteiger partial charge in [0.1, 0.15) is 5.75 Å². The molecule has 1 atom stereocenters. The lowest BCUT2D eigenvalue weighted by Gasteiger charge is -2.08. The summed E-state index contributed by atoms with van der Waals surface area (Å²) in [5.41, 5.74) is 5.07. The third-order valence-corrected chi connectivity index (χ3v) is 3.08. The van der Waals surface area contributed by atoms with E-state index in [2.05, 4.69) is 5.32 Å². The molecule has 0 fully saturated rings. The number of ether oxygens (including phenoxy) is 1. The molecule has 0 bridgehead atoms. The Bertz CT molecular complexity index is 530. The zero-order chi connectivity index (χ0) is 16.5. The van der Waals surface area contributed by atoms with E-state index in [4.69, 9.17) is 10.5 Å². The Morgan fingerprint density at radius 2 is 1.95 bits per heavy atom. The Kier molecular flexibility index (Phi) is 6.81. The maximum Gasteiger partial charge on any atom is 0.412 e. The van der Waals surface area contributed by atoms with Gasteiger partial charge < -0.3 is 15.8 Å². The second-order valence-corrected chi connectivity index (χ2v) is 4.87. The molecule has 0 aliphatic rings. The molecule has 120 valence electrons. The summed E-state index contributed by atoms with van der Waals surface area (Å²) in [6.45, 7) is 2.18. The quantitative estimate of drug-likeness (QED) is 0.431. The Balaban J connectivity index is 2.23. The second-order valence-electron chi connectivity index (χ2n) is 4.87. The third-order valence-electron chi connectivity index (χ3n) is 3.08. The molecule has 1 aromatic carbocycles. The first-order chi connectivity index (χ1) is 10.4. The van der Waals surface area contributed by atoms with E-state index < -0.39 is 11.0 Å². The van der Waals surface area contributed by atoms with Crippen LogP contribution in [-0.4, -0.2) is 23.5 Å². The van der Waals surface area contributed by atoms with E-state index in [9.17, 15) is 19.7 Å². The van der Waals surface area contributed by atoms with E-state index in [1.807, 2.05) is 0 Å². The number of rotatable bonds is 8. The number of nitro benzene ring substituents is 1. The summed E-state index contributed by atoms with van der Waals surface area (Å²) in [7, 11) is 0. The van der Waals surface area contributed by atoms with Gasteiger partial charge in [-0.25, -0.2) is 4.79 Å². The van der Waals surface area contributed by atoms with Crippen LogP contribution in [0.4, 0.5) is 10.5 Å². The summed E-state index contributed by atoms with van der Waals surface area (Å²) in [6.07, 6.45) is 1.51. The molecule has 22 heavy (non-hydrogen) atoms. The fourth-order valence-electron chi connectivity index (χ4n) is 1.69. The lowest BCUT2D eigenvalue weighted by Crippen LogP contribution is -2.28. The fourth-order valence-corrected chi connectivity index (χ4v) is 1.69. The highest BCUT2D eigenvalue weighted by Crippen LogP contribution is 2.17. The number of non-ortho nitro benzene ring substituents is 1. The Morgan fingerprint density at radius 1 is 1.32 bits per heavy atom. The van der Waals surface area contributed by atoms with Crippen molar-refractivity contribution in [1.29, 1.82) is 0 Å².